The first-order valence-corrected chi connectivity index (χ1v) is 10.6. The van der Waals surface area contributed by atoms with E-state index < -0.39 is 0 Å². The minimum Gasteiger partial charge on any atom is -0.362 e. The van der Waals surface area contributed by atoms with E-state index in [2.05, 4.69) is 57.7 Å². The number of fused-ring (bicyclic) bond motifs is 1. The molecule has 148 valence electrons. The molecule has 0 radical (unpaired) electrons. The molecule has 0 unspecified atom stereocenters. The van der Waals surface area contributed by atoms with Gasteiger partial charge in [-0.2, -0.15) is 9.97 Å². The maximum Gasteiger partial charge on any atom is 0.232 e. The van der Waals surface area contributed by atoms with Crippen LogP contribution in [0.5, 0.6) is 0 Å². The maximum absolute atomic E-state index is 5.41. The molecule has 7 heteroatoms. The van der Waals surface area contributed by atoms with Gasteiger partial charge in [0, 0.05) is 38.8 Å². The summed E-state index contributed by atoms with van der Waals surface area (Å²) in [6, 6.07) is 10.7. The van der Waals surface area contributed by atoms with Gasteiger partial charge in [-0.3, -0.25) is 0 Å². The van der Waals surface area contributed by atoms with Gasteiger partial charge >= 0.3 is 0 Å². The molecule has 0 amide bonds. The SMILES string of the molecule is CCCNC(=S)Nc1nc(N2CCCCC2)cc(N2Cc3ccccc3C2)n1. The first kappa shape index (κ1) is 18.9. The summed E-state index contributed by atoms with van der Waals surface area (Å²) in [6.07, 6.45) is 4.75. The molecule has 2 N–H and O–H groups in total. The van der Waals surface area contributed by atoms with E-state index in [1.165, 1.54) is 30.4 Å². The Morgan fingerprint density at radius 1 is 1.00 bits per heavy atom. The number of hydrogen-bond acceptors (Lipinski definition) is 5. The third kappa shape index (κ3) is 4.35. The molecule has 2 aromatic rings. The molecule has 1 aromatic heterocycles. The Morgan fingerprint density at radius 3 is 2.29 bits per heavy atom. The number of benzene rings is 1. The van der Waals surface area contributed by atoms with Gasteiger partial charge in [0.15, 0.2) is 5.11 Å². The summed E-state index contributed by atoms with van der Waals surface area (Å²) in [6.45, 7) is 6.82. The Balaban J connectivity index is 1.59. The molecular formula is C21H28N6S. The molecule has 0 aliphatic carbocycles. The lowest BCUT2D eigenvalue weighted by Crippen LogP contribution is -2.32. The van der Waals surface area contributed by atoms with Gasteiger partial charge in [-0.25, -0.2) is 0 Å². The summed E-state index contributed by atoms with van der Waals surface area (Å²) in [7, 11) is 0. The van der Waals surface area contributed by atoms with Crippen LogP contribution >= 0.6 is 12.2 Å². The second-order valence-corrected chi connectivity index (χ2v) is 7.87. The molecule has 0 bridgehead atoms. The van der Waals surface area contributed by atoms with Gasteiger partial charge in [0.25, 0.3) is 0 Å². The number of nitrogens with one attached hydrogen (secondary N) is 2. The highest BCUT2D eigenvalue weighted by atomic mass is 32.1. The number of nitrogens with zero attached hydrogens (tertiary/aromatic N) is 4. The highest BCUT2D eigenvalue weighted by Gasteiger charge is 2.22. The predicted molar refractivity (Wildman–Crippen MR) is 119 cm³/mol. The van der Waals surface area contributed by atoms with Crippen molar-refractivity contribution in [1.29, 1.82) is 0 Å². The average molecular weight is 397 g/mol. The second kappa shape index (κ2) is 8.73. The lowest BCUT2D eigenvalue weighted by Gasteiger charge is -2.29. The van der Waals surface area contributed by atoms with Crippen LogP contribution in [0.1, 0.15) is 43.7 Å². The van der Waals surface area contributed by atoms with Gasteiger partial charge in [-0.1, -0.05) is 31.2 Å². The molecule has 1 aromatic carbocycles. The van der Waals surface area contributed by atoms with Crippen molar-refractivity contribution >= 4 is 34.9 Å². The van der Waals surface area contributed by atoms with Crippen molar-refractivity contribution < 1.29 is 0 Å². The number of piperidine rings is 1. The fourth-order valence-corrected chi connectivity index (χ4v) is 4.00. The highest BCUT2D eigenvalue weighted by molar-refractivity contribution is 7.80. The minimum atomic E-state index is 0.572. The molecule has 2 aliphatic heterocycles. The zero-order chi connectivity index (χ0) is 19.3. The van der Waals surface area contributed by atoms with Crippen LogP contribution in [-0.2, 0) is 13.1 Å². The first-order valence-electron chi connectivity index (χ1n) is 10.2. The van der Waals surface area contributed by atoms with E-state index in [1.54, 1.807) is 0 Å². The van der Waals surface area contributed by atoms with E-state index in [4.69, 9.17) is 22.2 Å². The van der Waals surface area contributed by atoms with Crippen molar-refractivity contribution in [2.24, 2.45) is 0 Å². The molecular weight excluding hydrogens is 368 g/mol. The Kier molecular flexibility index (Phi) is 5.90. The van der Waals surface area contributed by atoms with Crippen LogP contribution in [0.3, 0.4) is 0 Å². The standard InChI is InChI=1S/C21H28N6S/c1-2-10-22-21(28)25-20-23-18(26-11-6-3-7-12-26)13-19(24-20)27-14-16-8-4-5-9-17(16)15-27/h4-5,8-9,13H,2-3,6-7,10-12,14-15H2,1H3,(H2,22,23,24,25,28). The Morgan fingerprint density at radius 2 is 1.64 bits per heavy atom. The second-order valence-electron chi connectivity index (χ2n) is 7.46. The zero-order valence-corrected chi connectivity index (χ0v) is 17.3. The summed E-state index contributed by atoms with van der Waals surface area (Å²) >= 11 is 5.41. The number of aromatic nitrogens is 2. The van der Waals surface area contributed by atoms with Crippen LogP contribution in [0.4, 0.5) is 17.6 Å². The topological polar surface area (TPSA) is 56.3 Å². The number of rotatable bonds is 5. The van der Waals surface area contributed by atoms with Crippen LogP contribution in [0.15, 0.2) is 30.3 Å². The van der Waals surface area contributed by atoms with Crippen molar-refractivity contribution in [2.75, 3.05) is 34.8 Å². The van der Waals surface area contributed by atoms with Crippen molar-refractivity contribution in [2.45, 2.75) is 45.7 Å². The quantitative estimate of drug-likeness (QED) is 0.748. The van der Waals surface area contributed by atoms with Gasteiger partial charge < -0.3 is 20.4 Å². The molecule has 4 rings (SSSR count). The summed E-state index contributed by atoms with van der Waals surface area (Å²) in [5, 5.41) is 6.96. The number of hydrogen-bond donors (Lipinski definition) is 2. The van der Waals surface area contributed by atoms with E-state index in [9.17, 15) is 0 Å². The smallest absolute Gasteiger partial charge is 0.232 e. The molecule has 1 fully saturated rings. The predicted octanol–water partition coefficient (Wildman–Crippen LogP) is 3.68. The van der Waals surface area contributed by atoms with Crippen molar-refractivity contribution in [3.05, 3.63) is 41.5 Å². The van der Waals surface area contributed by atoms with Crippen molar-refractivity contribution in [1.82, 2.24) is 15.3 Å². The molecule has 0 atom stereocenters. The number of anilines is 3. The largest absolute Gasteiger partial charge is 0.362 e. The Bertz CT molecular complexity index is 808. The molecule has 2 aliphatic rings. The van der Waals surface area contributed by atoms with Crippen LogP contribution in [-0.4, -0.2) is 34.7 Å². The van der Waals surface area contributed by atoms with E-state index in [0.717, 1.165) is 50.8 Å². The van der Waals surface area contributed by atoms with E-state index >= 15 is 0 Å². The fourth-order valence-electron chi connectivity index (χ4n) is 3.80. The lowest BCUT2D eigenvalue weighted by atomic mass is 10.1. The van der Waals surface area contributed by atoms with Crippen LogP contribution < -0.4 is 20.4 Å². The van der Waals surface area contributed by atoms with Crippen LogP contribution in [0.2, 0.25) is 0 Å². The van der Waals surface area contributed by atoms with E-state index in [1.807, 2.05) is 0 Å². The third-order valence-corrected chi connectivity index (χ3v) is 5.55. The van der Waals surface area contributed by atoms with Crippen molar-refractivity contribution in [3.63, 3.8) is 0 Å². The Labute approximate surface area is 172 Å². The lowest BCUT2D eigenvalue weighted by molar-refractivity contribution is 0.573. The molecule has 6 nitrogen and oxygen atoms in total. The monoisotopic (exact) mass is 396 g/mol. The zero-order valence-electron chi connectivity index (χ0n) is 16.4. The Hall–Kier alpha value is -2.41. The summed E-state index contributed by atoms with van der Waals surface area (Å²) in [5.41, 5.74) is 2.74. The minimum absolute atomic E-state index is 0.572. The van der Waals surface area contributed by atoms with Crippen molar-refractivity contribution in [3.8, 4) is 0 Å². The van der Waals surface area contributed by atoms with Crippen LogP contribution in [0, 0.1) is 0 Å². The molecule has 0 spiro atoms. The summed E-state index contributed by atoms with van der Waals surface area (Å²) in [4.78, 5) is 14.2. The van der Waals surface area contributed by atoms with E-state index in [-0.39, 0.29) is 0 Å². The third-order valence-electron chi connectivity index (χ3n) is 5.30. The highest BCUT2D eigenvalue weighted by Crippen LogP contribution is 2.30. The average Bonchev–Trinajstić information content (AvgIpc) is 3.17. The van der Waals surface area contributed by atoms with Crippen LogP contribution in [0.25, 0.3) is 0 Å². The molecule has 28 heavy (non-hydrogen) atoms. The van der Waals surface area contributed by atoms with E-state index in [0.29, 0.717) is 11.1 Å². The van der Waals surface area contributed by atoms with Gasteiger partial charge in [-0.05, 0) is 49.0 Å². The molecule has 0 saturated carbocycles. The summed E-state index contributed by atoms with van der Waals surface area (Å²) < 4.78 is 0. The molecule has 1 saturated heterocycles. The van der Waals surface area contributed by atoms with Gasteiger partial charge in [-0.15, -0.1) is 0 Å². The fraction of sp³-hybridized carbons (Fsp3) is 0.476. The normalized spacial score (nSPS) is 16.0. The van der Waals surface area contributed by atoms with Gasteiger partial charge in [0.05, 0.1) is 0 Å². The maximum atomic E-state index is 5.41. The van der Waals surface area contributed by atoms with Gasteiger partial charge in [0.2, 0.25) is 5.95 Å². The summed E-state index contributed by atoms with van der Waals surface area (Å²) in [5.74, 6) is 2.51. The van der Waals surface area contributed by atoms with Gasteiger partial charge in [0.1, 0.15) is 11.6 Å². The number of thiocarbonyl (C=S) groups is 1. The first-order chi connectivity index (χ1) is 13.7. The molecule has 3 heterocycles.